The van der Waals surface area contributed by atoms with Gasteiger partial charge in [-0.25, -0.2) is 0 Å². The molecule has 2 aliphatic rings. The van der Waals surface area contributed by atoms with Crippen molar-refractivity contribution in [2.45, 2.75) is 20.8 Å². The highest BCUT2D eigenvalue weighted by atomic mass is 14.4. The first kappa shape index (κ1) is 38.5. The fraction of sp³-hybridized carbons (Fsp3) is 0.0435. The normalized spacial score (nSPS) is 12.3. The number of fused-ring (bicyclic) bond motifs is 9. The first-order valence-electron chi connectivity index (χ1n) is 24.3. The Bertz CT molecular complexity index is 4200. The van der Waals surface area contributed by atoms with Gasteiger partial charge in [0.25, 0.3) is 0 Å². The largest absolute Gasteiger partial charge is 0.0622 e. The third-order valence-corrected chi connectivity index (χ3v) is 15.8. The molecule has 0 heteroatoms. The summed E-state index contributed by atoms with van der Waals surface area (Å²) in [5, 5.41) is 13.3. The van der Waals surface area contributed by atoms with Crippen LogP contribution in [0.4, 0.5) is 0 Å². The quantitative estimate of drug-likeness (QED) is 0.119. The number of rotatable bonds is 5. The minimum absolute atomic E-state index is 1.22. The lowest BCUT2D eigenvalue weighted by atomic mass is 9.79. The third-order valence-electron chi connectivity index (χ3n) is 15.8. The molecule has 0 saturated heterocycles. The maximum Gasteiger partial charge on any atom is -0.000718 e. The van der Waals surface area contributed by atoms with Gasteiger partial charge in [0, 0.05) is 0 Å². The van der Waals surface area contributed by atoms with Crippen LogP contribution in [0.1, 0.15) is 16.7 Å². The van der Waals surface area contributed by atoms with Crippen molar-refractivity contribution in [1.82, 2.24) is 0 Å². The molecule has 0 aliphatic heterocycles. The summed E-state index contributed by atoms with van der Waals surface area (Å²) in [4.78, 5) is 0. The second-order valence-electron chi connectivity index (χ2n) is 19.5. The molecule has 13 aromatic carbocycles. The van der Waals surface area contributed by atoms with Crippen LogP contribution in [0.15, 0.2) is 212 Å². The molecular weight excluding hydrogens is 829 g/mol. The zero-order chi connectivity index (χ0) is 45.6. The molecule has 320 valence electrons. The highest BCUT2D eigenvalue weighted by Crippen LogP contribution is 2.62. The molecular formula is C69H44. The maximum absolute atomic E-state index is 2.48. The van der Waals surface area contributed by atoms with Crippen LogP contribution in [0.5, 0.6) is 0 Å². The smallest absolute Gasteiger partial charge is 0.000718 e. The summed E-state index contributed by atoms with van der Waals surface area (Å²) in [6.45, 7) is 6.84. The van der Waals surface area contributed by atoms with Crippen molar-refractivity contribution in [3.8, 4) is 100 Å². The van der Waals surface area contributed by atoms with Crippen LogP contribution in [0.2, 0.25) is 0 Å². The Morgan fingerprint density at radius 3 is 1.01 bits per heavy atom. The maximum atomic E-state index is 2.48. The minimum atomic E-state index is 1.22. The predicted molar refractivity (Wildman–Crippen MR) is 295 cm³/mol. The molecule has 0 atom stereocenters. The standard InChI is InChI=1S/C69H44/c1-39-37-40(2)59(41(3)38-39)67-50-26-16-15-25-49(50)64(48-24-14-13-23-45(48)42-17-7-4-8-18-42)68-57-35-31-53-51-29-33-55-60-46(43-19-9-5-10-20-43)27-28-47(44-21-11-6-12-22-44)61(60)56-34-30-52(62(51)65(55)56)54-32-36-58(69(67)68)66(57)63(53)54/h4-38H,1-3H3. The molecule has 0 N–H and O–H groups in total. The minimum Gasteiger partial charge on any atom is -0.0622 e. The van der Waals surface area contributed by atoms with Gasteiger partial charge in [0.1, 0.15) is 0 Å². The van der Waals surface area contributed by atoms with Crippen molar-refractivity contribution >= 4 is 53.9 Å². The summed E-state index contributed by atoms with van der Waals surface area (Å²) in [6, 6.07) is 80.2. The van der Waals surface area contributed by atoms with E-state index < -0.39 is 0 Å². The van der Waals surface area contributed by atoms with Gasteiger partial charge in [-0.3, -0.25) is 0 Å². The molecule has 0 saturated carbocycles. The Morgan fingerprint density at radius 1 is 0.203 bits per heavy atom. The van der Waals surface area contributed by atoms with Crippen LogP contribution in [0, 0.1) is 20.8 Å². The molecule has 2 aliphatic carbocycles. The molecule has 0 spiro atoms. The van der Waals surface area contributed by atoms with Crippen molar-refractivity contribution in [3.63, 3.8) is 0 Å². The van der Waals surface area contributed by atoms with Gasteiger partial charge in [-0.15, -0.1) is 0 Å². The topological polar surface area (TPSA) is 0 Å². The summed E-state index contributed by atoms with van der Waals surface area (Å²) in [5.41, 5.74) is 27.3. The summed E-state index contributed by atoms with van der Waals surface area (Å²) < 4.78 is 0. The van der Waals surface area contributed by atoms with E-state index in [0.29, 0.717) is 0 Å². The fourth-order valence-electron chi connectivity index (χ4n) is 13.3. The van der Waals surface area contributed by atoms with Crippen molar-refractivity contribution < 1.29 is 0 Å². The number of hydrogen-bond acceptors (Lipinski definition) is 0. The highest BCUT2D eigenvalue weighted by Gasteiger charge is 2.35. The molecule has 0 bridgehead atoms. The molecule has 0 unspecified atom stereocenters. The molecule has 69 heavy (non-hydrogen) atoms. The first-order valence-corrected chi connectivity index (χ1v) is 24.3. The molecule has 0 radical (unpaired) electrons. The Kier molecular flexibility index (Phi) is 7.94. The summed E-state index contributed by atoms with van der Waals surface area (Å²) in [5.74, 6) is 0. The Morgan fingerprint density at radius 2 is 0.551 bits per heavy atom. The van der Waals surface area contributed by atoms with Crippen LogP contribution in [-0.2, 0) is 0 Å². The van der Waals surface area contributed by atoms with Crippen LogP contribution in [-0.4, -0.2) is 0 Å². The fourth-order valence-corrected chi connectivity index (χ4v) is 13.3. The lowest BCUT2D eigenvalue weighted by molar-refractivity contribution is 1.32. The monoisotopic (exact) mass is 872 g/mol. The van der Waals surface area contributed by atoms with Gasteiger partial charge in [-0.05, 0) is 186 Å². The van der Waals surface area contributed by atoms with Crippen molar-refractivity contribution in [2.75, 3.05) is 0 Å². The van der Waals surface area contributed by atoms with Gasteiger partial charge in [0.05, 0.1) is 0 Å². The highest BCUT2D eigenvalue weighted by molar-refractivity contribution is 6.42. The van der Waals surface area contributed by atoms with Crippen LogP contribution in [0.3, 0.4) is 0 Å². The second-order valence-corrected chi connectivity index (χ2v) is 19.5. The Balaban J connectivity index is 1.07. The predicted octanol–water partition coefficient (Wildman–Crippen LogP) is 19.4. The average Bonchev–Trinajstić information content (AvgIpc) is 3.92. The first-order chi connectivity index (χ1) is 34.0. The molecule has 0 amide bonds. The van der Waals surface area contributed by atoms with Gasteiger partial charge in [0.2, 0.25) is 0 Å². The number of benzene rings is 13. The molecule has 15 rings (SSSR count). The van der Waals surface area contributed by atoms with Crippen molar-refractivity contribution in [2.24, 2.45) is 0 Å². The molecule has 13 aromatic rings. The van der Waals surface area contributed by atoms with Crippen LogP contribution in [0.25, 0.3) is 154 Å². The second kappa shape index (κ2) is 14.2. The van der Waals surface area contributed by atoms with Crippen molar-refractivity contribution in [1.29, 1.82) is 0 Å². The SMILES string of the molecule is Cc1cc(C)c(-c2c3c(c(-c4ccccc4-c4ccccc4)c4ccccc24)-c2ccc4c5ccc6c7c(ccc(c8ccc-3c2c48)c75)-c2c(-c3ccccc3)ccc(-c3ccccc3)c2-6)c(C)c1. The summed E-state index contributed by atoms with van der Waals surface area (Å²) in [7, 11) is 0. The van der Waals surface area contributed by atoms with Gasteiger partial charge in [-0.2, -0.15) is 0 Å². The van der Waals surface area contributed by atoms with E-state index in [9.17, 15) is 0 Å². The van der Waals surface area contributed by atoms with E-state index in [1.165, 1.54) is 171 Å². The summed E-state index contributed by atoms with van der Waals surface area (Å²) in [6.07, 6.45) is 0. The molecule has 0 aromatic heterocycles. The Hall–Kier alpha value is -8.58. The molecule has 0 heterocycles. The molecule has 0 fully saturated rings. The van der Waals surface area contributed by atoms with E-state index in [0.717, 1.165) is 0 Å². The van der Waals surface area contributed by atoms with E-state index >= 15 is 0 Å². The van der Waals surface area contributed by atoms with E-state index in [2.05, 4.69) is 233 Å². The van der Waals surface area contributed by atoms with Gasteiger partial charge >= 0.3 is 0 Å². The number of aryl methyl sites for hydroxylation is 3. The van der Waals surface area contributed by atoms with E-state index in [1.807, 2.05) is 0 Å². The number of hydrogen-bond donors (Lipinski definition) is 0. The zero-order valence-electron chi connectivity index (χ0n) is 38.7. The van der Waals surface area contributed by atoms with E-state index in [1.54, 1.807) is 0 Å². The van der Waals surface area contributed by atoms with Gasteiger partial charge in [0.15, 0.2) is 0 Å². The van der Waals surface area contributed by atoms with Crippen LogP contribution < -0.4 is 0 Å². The Labute approximate surface area is 401 Å². The van der Waals surface area contributed by atoms with Gasteiger partial charge in [-0.1, -0.05) is 218 Å². The molecule has 0 nitrogen and oxygen atoms in total. The lowest BCUT2D eigenvalue weighted by Crippen LogP contribution is -1.98. The lowest BCUT2D eigenvalue weighted by Gasteiger charge is -2.24. The van der Waals surface area contributed by atoms with Crippen LogP contribution >= 0.6 is 0 Å². The van der Waals surface area contributed by atoms with Gasteiger partial charge < -0.3 is 0 Å². The average molecular weight is 873 g/mol. The van der Waals surface area contributed by atoms with E-state index in [-0.39, 0.29) is 0 Å². The third kappa shape index (κ3) is 5.18. The summed E-state index contributed by atoms with van der Waals surface area (Å²) >= 11 is 0. The van der Waals surface area contributed by atoms with Crippen molar-refractivity contribution in [3.05, 3.63) is 229 Å². The van der Waals surface area contributed by atoms with E-state index in [4.69, 9.17) is 0 Å². The zero-order valence-corrected chi connectivity index (χ0v) is 38.7.